The van der Waals surface area contributed by atoms with E-state index in [0.717, 1.165) is 40.9 Å². The minimum atomic E-state index is 0.542. The number of hydrogen-bond acceptors (Lipinski definition) is 4. The Kier molecular flexibility index (Phi) is 4.54. The van der Waals surface area contributed by atoms with Crippen LogP contribution < -0.4 is 5.32 Å². The van der Waals surface area contributed by atoms with E-state index in [1.165, 1.54) is 0 Å². The molecule has 0 saturated carbocycles. The molecule has 0 fully saturated rings. The van der Waals surface area contributed by atoms with Crippen LogP contribution in [-0.2, 0) is 12.8 Å². The summed E-state index contributed by atoms with van der Waals surface area (Å²) in [6.07, 6.45) is 1.57. The third-order valence-electron chi connectivity index (χ3n) is 3.60. The van der Waals surface area contributed by atoms with E-state index >= 15 is 0 Å². The smallest absolute Gasteiger partial charge is 0.171 e. The molecule has 21 heavy (non-hydrogen) atoms. The molecule has 0 aliphatic carbocycles. The van der Waals surface area contributed by atoms with Crippen LogP contribution in [0.4, 0.5) is 11.5 Å². The highest BCUT2D eigenvalue weighted by Gasteiger charge is 2.14. The van der Waals surface area contributed by atoms with Crippen molar-refractivity contribution < 1.29 is 0 Å². The molecule has 108 valence electrons. The van der Waals surface area contributed by atoms with Gasteiger partial charge >= 0.3 is 0 Å². The van der Waals surface area contributed by atoms with Gasteiger partial charge in [-0.2, -0.15) is 10.4 Å². The van der Waals surface area contributed by atoms with Crippen LogP contribution in [0.3, 0.4) is 0 Å². The molecule has 0 aliphatic heterocycles. The van der Waals surface area contributed by atoms with E-state index in [4.69, 9.17) is 0 Å². The van der Waals surface area contributed by atoms with Gasteiger partial charge in [0.05, 0.1) is 5.69 Å². The minimum absolute atomic E-state index is 0.542. The van der Waals surface area contributed by atoms with Gasteiger partial charge in [-0.15, -0.1) is 5.10 Å². The van der Waals surface area contributed by atoms with Crippen molar-refractivity contribution in [3.8, 4) is 6.07 Å². The highest BCUT2D eigenvalue weighted by Crippen LogP contribution is 2.25. The van der Waals surface area contributed by atoms with E-state index in [-0.39, 0.29) is 0 Å². The number of rotatable bonds is 4. The van der Waals surface area contributed by atoms with E-state index in [1.54, 1.807) is 0 Å². The van der Waals surface area contributed by atoms with E-state index in [9.17, 15) is 5.26 Å². The Morgan fingerprint density at radius 3 is 2.52 bits per heavy atom. The van der Waals surface area contributed by atoms with Crippen LogP contribution in [0.15, 0.2) is 18.2 Å². The zero-order valence-corrected chi connectivity index (χ0v) is 13.0. The third kappa shape index (κ3) is 3.03. The Labute approximate surface area is 125 Å². The molecular formula is C17H20N4. The fraction of sp³-hybridized carbons (Fsp3) is 0.353. The van der Waals surface area contributed by atoms with Crippen molar-refractivity contribution in [2.45, 2.75) is 40.5 Å². The topological polar surface area (TPSA) is 61.6 Å². The first-order valence-electron chi connectivity index (χ1n) is 7.23. The average Bonchev–Trinajstić information content (AvgIpc) is 2.50. The summed E-state index contributed by atoms with van der Waals surface area (Å²) in [5, 5.41) is 21.2. The molecule has 0 atom stereocenters. The number of nitrogens with zero attached hydrogens (tertiary/aromatic N) is 3. The predicted octanol–water partition coefficient (Wildman–Crippen LogP) is 3.83. The summed E-state index contributed by atoms with van der Waals surface area (Å²) in [7, 11) is 0. The fourth-order valence-electron chi connectivity index (χ4n) is 2.38. The first kappa shape index (κ1) is 15.0. The number of aryl methyl sites for hydroxylation is 3. The summed E-state index contributed by atoms with van der Waals surface area (Å²) >= 11 is 0. The molecule has 2 aromatic rings. The lowest BCUT2D eigenvalue weighted by molar-refractivity contribution is 0.877. The van der Waals surface area contributed by atoms with Gasteiger partial charge in [-0.3, -0.25) is 0 Å². The molecule has 0 aliphatic rings. The second kappa shape index (κ2) is 6.36. The Hall–Kier alpha value is -2.41. The summed E-state index contributed by atoms with van der Waals surface area (Å²) in [4.78, 5) is 0. The van der Waals surface area contributed by atoms with Crippen molar-refractivity contribution in [1.29, 1.82) is 5.26 Å². The normalized spacial score (nSPS) is 10.2. The van der Waals surface area contributed by atoms with Gasteiger partial charge in [0, 0.05) is 5.69 Å². The number of nitrogens with one attached hydrogen (secondary N) is 1. The molecule has 0 amide bonds. The predicted molar refractivity (Wildman–Crippen MR) is 84.7 cm³/mol. The van der Waals surface area contributed by atoms with Crippen LogP contribution in [-0.4, -0.2) is 10.2 Å². The van der Waals surface area contributed by atoms with Crippen molar-refractivity contribution in [3.63, 3.8) is 0 Å². The van der Waals surface area contributed by atoms with Gasteiger partial charge in [-0.05, 0) is 49.4 Å². The number of hydrogen-bond donors (Lipinski definition) is 1. The lowest BCUT2D eigenvalue weighted by atomic mass is 10.0. The van der Waals surface area contributed by atoms with Crippen LogP contribution in [0, 0.1) is 25.2 Å². The molecule has 1 aromatic carbocycles. The van der Waals surface area contributed by atoms with Gasteiger partial charge in [0.1, 0.15) is 11.6 Å². The molecule has 1 aromatic heterocycles. The largest absolute Gasteiger partial charge is 0.337 e. The Morgan fingerprint density at radius 2 is 1.90 bits per heavy atom. The monoisotopic (exact) mass is 280 g/mol. The molecule has 1 N–H and O–H groups in total. The van der Waals surface area contributed by atoms with Crippen molar-refractivity contribution in [2.24, 2.45) is 0 Å². The van der Waals surface area contributed by atoms with Gasteiger partial charge in [-0.1, -0.05) is 26.0 Å². The Bertz CT molecular complexity index is 699. The summed E-state index contributed by atoms with van der Waals surface area (Å²) in [6.45, 7) is 8.14. The van der Waals surface area contributed by atoms with Crippen molar-refractivity contribution in [2.75, 3.05) is 5.32 Å². The van der Waals surface area contributed by atoms with Crippen molar-refractivity contribution >= 4 is 11.5 Å². The van der Waals surface area contributed by atoms with Crippen LogP contribution in [0.1, 0.15) is 41.8 Å². The number of nitriles is 1. The highest BCUT2D eigenvalue weighted by molar-refractivity contribution is 5.67. The van der Waals surface area contributed by atoms with Gasteiger partial charge in [0.2, 0.25) is 0 Å². The lowest BCUT2D eigenvalue weighted by Gasteiger charge is -2.14. The van der Waals surface area contributed by atoms with Crippen LogP contribution in [0.25, 0.3) is 0 Å². The molecule has 0 radical (unpaired) electrons. The molecule has 4 heteroatoms. The quantitative estimate of drug-likeness (QED) is 0.924. The summed E-state index contributed by atoms with van der Waals surface area (Å²) < 4.78 is 0. The second-order valence-corrected chi connectivity index (χ2v) is 5.11. The molecular weight excluding hydrogens is 260 g/mol. The first-order chi connectivity index (χ1) is 10.1. The average molecular weight is 280 g/mol. The van der Waals surface area contributed by atoms with Gasteiger partial charge in [0.15, 0.2) is 5.82 Å². The lowest BCUT2D eigenvalue weighted by Crippen LogP contribution is -2.07. The van der Waals surface area contributed by atoms with Gasteiger partial charge < -0.3 is 5.32 Å². The van der Waals surface area contributed by atoms with Gasteiger partial charge in [0.25, 0.3) is 0 Å². The second-order valence-electron chi connectivity index (χ2n) is 5.11. The van der Waals surface area contributed by atoms with E-state index < -0.39 is 0 Å². The fourth-order valence-corrected chi connectivity index (χ4v) is 2.38. The third-order valence-corrected chi connectivity index (χ3v) is 3.60. The number of aromatic nitrogens is 2. The molecule has 0 bridgehead atoms. The molecule has 0 unspecified atom stereocenters. The first-order valence-corrected chi connectivity index (χ1v) is 7.23. The SMILES string of the molecule is CCc1nnc(Nc2cc(C)ccc2C)c(C#N)c1CC. The number of anilines is 2. The maximum atomic E-state index is 9.49. The molecule has 0 spiro atoms. The van der Waals surface area contributed by atoms with Crippen LogP contribution >= 0.6 is 0 Å². The molecule has 1 heterocycles. The Morgan fingerprint density at radius 1 is 1.14 bits per heavy atom. The minimum Gasteiger partial charge on any atom is -0.337 e. The maximum absolute atomic E-state index is 9.49. The zero-order valence-electron chi connectivity index (χ0n) is 13.0. The summed E-state index contributed by atoms with van der Waals surface area (Å²) in [5.74, 6) is 0.542. The molecule has 4 nitrogen and oxygen atoms in total. The molecule has 0 saturated heterocycles. The van der Waals surface area contributed by atoms with E-state index in [1.807, 2.05) is 27.7 Å². The number of benzene rings is 1. The van der Waals surface area contributed by atoms with Crippen molar-refractivity contribution in [3.05, 3.63) is 46.1 Å². The van der Waals surface area contributed by atoms with Crippen LogP contribution in [0.2, 0.25) is 0 Å². The standard InChI is InChI=1S/C17H20N4/c1-5-13-14(10-18)17(21-20-15(13)6-2)19-16-9-11(3)7-8-12(16)4/h7-9H,5-6H2,1-4H3,(H,19,21). The summed E-state index contributed by atoms with van der Waals surface area (Å²) in [6, 6.07) is 8.45. The van der Waals surface area contributed by atoms with Gasteiger partial charge in [-0.25, -0.2) is 0 Å². The Balaban J connectivity index is 2.50. The molecule has 2 rings (SSSR count). The zero-order chi connectivity index (χ0) is 15.4. The van der Waals surface area contributed by atoms with E-state index in [2.05, 4.69) is 39.8 Å². The van der Waals surface area contributed by atoms with Crippen molar-refractivity contribution in [1.82, 2.24) is 10.2 Å². The summed E-state index contributed by atoms with van der Waals surface area (Å²) in [5.41, 5.74) is 5.74. The highest BCUT2D eigenvalue weighted by atomic mass is 15.2. The van der Waals surface area contributed by atoms with Crippen LogP contribution in [0.5, 0.6) is 0 Å². The maximum Gasteiger partial charge on any atom is 0.171 e. The van der Waals surface area contributed by atoms with E-state index in [0.29, 0.717) is 11.4 Å².